The monoisotopic (exact) mass is 362 g/mol. The number of hydrogen-bond acceptors (Lipinski definition) is 4. The Morgan fingerprint density at radius 2 is 1.64 bits per heavy atom. The zero-order valence-electron chi connectivity index (χ0n) is 14.2. The molecule has 6 nitrogen and oxygen atoms in total. The van der Waals surface area contributed by atoms with Crippen molar-refractivity contribution in [3.05, 3.63) is 52.5 Å². The molecule has 0 fully saturated rings. The van der Waals surface area contributed by atoms with E-state index in [1.54, 1.807) is 0 Å². The number of amides is 2. The van der Waals surface area contributed by atoms with E-state index in [-0.39, 0.29) is 6.54 Å². The summed E-state index contributed by atoms with van der Waals surface area (Å²) in [7, 11) is 2.89. The number of aryl methyl sites for hydroxylation is 1. The van der Waals surface area contributed by atoms with Crippen molar-refractivity contribution in [1.82, 2.24) is 5.32 Å². The van der Waals surface area contributed by atoms with Gasteiger partial charge in [0.2, 0.25) is 0 Å². The number of nitrogens with one attached hydrogen (secondary N) is 2. The fourth-order valence-corrected chi connectivity index (χ4v) is 2.34. The van der Waals surface area contributed by atoms with Crippen molar-refractivity contribution < 1.29 is 19.1 Å². The lowest BCUT2D eigenvalue weighted by atomic mass is 10.1. The Morgan fingerprint density at radius 3 is 2.24 bits per heavy atom. The maximum absolute atomic E-state index is 12.1. The van der Waals surface area contributed by atoms with Crippen LogP contribution >= 0.6 is 11.6 Å². The summed E-state index contributed by atoms with van der Waals surface area (Å²) in [5.41, 5.74) is 2.31. The van der Waals surface area contributed by atoms with Crippen molar-refractivity contribution in [3.8, 4) is 11.5 Å². The predicted octanol–water partition coefficient (Wildman–Crippen LogP) is 2.92. The van der Waals surface area contributed by atoms with Crippen molar-refractivity contribution in [3.63, 3.8) is 0 Å². The average molecular weight is 363 g/mol. The molecule has 0 spiro atoms. The minimum absolute atomic E-state index is 0.258. The Balaban J connectivity index is 2.03. The minimum atomic E-state index is -0.810. The first kappa shape index (κ1) is 18.6. The number of carbonyl (C=O) groups is 2. The van der Waals surface area contributed by atoms with Gasteiger partial charge in [-0.3, -0.25) is 9.59 Å². The van der Waals surface area contributed by atoms with Gasteiger partial charge in [-0.1, -0.05) is 41.4 Å². The van der Waals surface area contributed by atoms with Crippen LogP contribution in [0.4, 0.5) is 5.69 Å². The highest BCUT2D eigenvalue weighted by atomic mass is 35.5. The van der Waals surface area contributed by atoms with Gasteiger partial charge in [0.15, 0.2) is 0 Å². The molecule has 0 heterocycles. The Morgan fingerprint density at radius 1 is 1.00 bits per heavy atom. The first-order chi connectivity index (χ1) is 11.9. The Kier molecular flexibility index (Phi) is 6.25. The van der Waals surface area contributed by atoms with Crippen molar-refractivity contribution in [1.29, 1.82) is 0 Å². The summed E-state index contributed by atoms with van der Waals surface area (Å²) >= 11 is 6.01. The van der Waals surface area contributed by atoms with Gasteiger partial charge < -0.3 is 20.1 Å². The van der Waals surface area contributed by atoms with Crippen LogP contribution in [0.1, 0.15) is 11.1 Å². The van der Waals surface area contributed by atoms with Crippen LogP contribution in [0.3, 0.4) is 0 Å². The molecule has 7 heteroatoms. The molecule has 25 heavy (non-hydrogen) atoms. The summed E-state index contributed by atoms with van der Waals surface area (Å²) < 4.78 is 10.3. The van der Waals surface area contributed by atoms with Gasteiger partial charge >= 0.3 is 11.8 Å². The SMILES string of the molecule is COc1cc(NC(=O)C(=O)NCc2ccc(C)cc2)c(OC)cc1Cl. The van der Waals surface area contributed by atoms with Crippen LogP contribution in [0.5, 0.6) is 11.5 Å². The van der Waals surface area contributed by atoms with Gasteiger partial charge in [-0.2, -0.15) is 0 Å². The molecule has 2 amide bonds. The average Bonchev–Trinajstić information content (AvgIpc) is 2.61. The van der Waals surface area contributed by atoms with Crippen molar-refractivity contribution in [2.24, 2.45) is 0 Å². The first-order valence-corrected chi connectivity index (χ1v) is 7.88. The number of halogens is 1. The summed E-state index contributed by atoms with van der Waals surface area (Å²) in [5.74, 6) is -0.880. The predicted molar refractivity (Wildman–Crippen MR) is 96.2 cm³/mol. The van der Waals surface area contributed by atoms with Crippen molar-refractivity contribution in [2.45, 2.75) is 13.5 Å². The van der Waals surface area contributed by atoms with Crippen LogP contribution < -0.4 is 20.1 Å². The third-order valence-electron chi connectivity index (χ3n) is 3.50. The molecule has 0 radical (unpaired) electrons. The maximum atomic E-state index is 12.1. The molecule has 0 unspecified atom stereocenters. The highest BCUT2D eigenvalue weighted by molar-refractivity contribution is 6.40. The normalized spacial score (nSPS) is 10.1. The molecule has 0 aliphatic heterocycles. The highest BCUT2D eigenvalue weighted by Crippen LogP contribution is 2.35. The highest BCUT2D eigenvalue weighted by Gasteiger charge is 2.17. The largest absolute Gasteiger partial charge is 0.495 e. The molecule has 0 bridgehead atoms. The van der Waals surface area contributed by atoms with E-state index in [0.29, 0.717) is 22.2 Å². The number of hydrogen-bond donors (Lipinski definition) is 2. The molecule has 0 aliphatic rings. The quantitative estimate of drug-likeness (QED) is 0.802. The second kappa shape index (κ2) is 8.39. The number of anilines is 1. The van der Waals surface area contributed by atoms with Gasteiger partial charge in [-0.05, 0) is 12.5 Å². The van der Waals surface area contributed by atoms with Crippen molar-refractivity contribution in [2.75, 3.05) is 19.5 Å². The molecular weight excluding hydrogens is 344 g/mol. The van der Waals surface area contributed by atoms with E-state index in [0.717, 1.165) is 11.1 Å². The number of carbonyl (C=O) groups excluding carboxylic acids is 2. The lowest BCUT2D eigenvalue weighted by molar-refractivity contribution is -0.136. The van der Waals surface area contributed by atoms with Gasteiger partial charge in [-0.15, -0.1) is 0 Å². The van der Waals surface area contributed by atoms with E-state index in [4.69, 9.17) is 21.1 Å². The van der Waals surface area contributed by atoms with Gasteiger partial charge in [0, 0.05) is 18.7 Å². The fraction of sp³-hybridized carbons (Fsp3) is 0.222. The Hall–Kier alpha value is -2.73. The second-order valence-corrected chi connectivity index (χ2v) is 5.72. The van der Waals surface area contributed by atoms with Crippen LogP contribution in [0.15, 0.2) is 36.4 Å². The molecule has 0 aromatic heterocycles. The fourth-order valence-electron chi connectivity index (χ4n) is 2.11. The summed E-state index contributed by atoms with van der Waals surface area (Å²) in [6, 6.07) is 10.6. The number of methoxy groups -OCH3 is 2. The van der Waals surface area contributed by atoms with E-state index >= 15 is 0 Å². The van der Waals surface area contributed by atoms with Gasteiger partial charge in [-0.25, -0.2) is 0 Å². The van der Waals surface area contributed by atoms with Gasteiger partial charge in [0.1, 0.15) is 11.5 Å². The molecule has 0 saturated heterocycles. The zero-order valence-corrected chi connectivity index (χ0v) is 14.9. The van der Waals surface area contributed by atoms with Crippen LogP contribution in [0, 0.1) is 6.92 Å². The molecule has 2 aromatic rings. The van der Waals surface area contributed by atoms with Gasteiger partial charge in [0.25, 0.3) is 0 Å². The number of benzene rings is 2. The maximum Gasteiger partial charge on any atom is 0.313 e. The van der Waals surface area contributed by atoms with Crippen LogP contribution in [0.25, 0.3) is 0 Å². The third kappa shape index (κ3) is 4.87. The number of rotatable bonds is 5. The Bertz CT molecular complexity index is 775. The van der Waals surface area contributed by atoms with Crippen LogP contribution in [-0.2, 0) is 16.1 Å². The standard InChI is InChI=1S/C18H19ClN2O4/c1-11-4-6-12(7-5-11)10-20-17(22)18(23)21-14-9-15(24-2)13(19)8-16(14)25-3/h4-9H,10H2,1-3H3,(H,20,22)(H,21,23). The van der Waals surface area contributed by atoms with Crippen LogP contribution in [0.2, 0.25) is 5.02 Å². The van der Waals surface area contributed by atoms with Gasteiger partial charge in [0.05, 0.1) is 24.9 Å². The lowest BCUT2D eigenvalue weighted by Crippen LogP contribution is -2.35. The molecule has 2 N–H and O–H groups in total. The van der Waals surface area contributed by atoms with Crippen molar-refractivity contribution >= 4 is 29.1 Å². The topological polar surface area (TPSA) is 76.7 Å². The molecule has 2 aromatic carbocycles. The molecule has 132 valence electrons. The summed E-state index contributed by atoms with van der Waals surface area (Å²) in [4.78, 5) is 24.1. The van der Waals surface area contributed by atoms with E-state index in [1.165, 1.54) is 26.4 Å². The van der Waals surface area contributed by atoms with E-state index < -0.39 is 11.8 Å². The van der Waals surface area contributed by atoms with E-state index in [1.807, 2.05) is 31.2 Å². The zero-order chi connectivity index (χ0) is 18.4. The molecule has 2 rings (SSSR count). The molecule has 0 atom stereocenters. The van der Waals surface area contributed by atoms with E-state index in [2.05, 4.69) is 10.6 Å². The summed E-state index contributed by atoms with van der Waals surface area (Å²) in [6.07, 6.45) is 0. The molecule has 0 saturated carbocycles. The molecule has 0 aliphatic carbocycles. The minimum Gasteiger partial charge on any atom is -0.495 e. The second-order valence-electron chi connectivity index (χ2n) is 5.31. The van der Waals surface area contributed by atoms with Crippen LogP contribution in [-0.4, -0.2) is 26.0 Å². The van der Waals surface area contributed by atoms with E-state index in [9.17, 15) is 9.59 Å². The molecular formula is C18H19ClN2O4. The Labute approximate surface area is 151 Å². The summed E-state index contributed by atoms with van der Waals surface area (Å²) in [6.45, 7) is 2.23. The number of ether oxygens (including phenoxy) is 2. The third-order valence-corrected chi connectivity index (χ3v) is 3.80. The lowest BCUT2D eigenvalue weighted by Gasteiger charge is -2.13. The smallest absolute Gasteiger partial charge is 0.313 e. The summed E-state index contributed by atoms with van der Waals surface area (Å²) in [5, 5.41) is 5.40. The first-order valence-electron chi connectivity index (χ1n) is 7.51.